The predicted molar refractivity (Wildman–Crippen MR) is 58.7 cm³/mol. The molecule has 0 aliphatic carbocycles. The van der Waals surface area contributed by atoms with E-state index in [1.54, 1.807) is 16.8 Å². The van der Waals surface area contributed by atoms with Crippen molar-refractivity contribution >= 4 is 27.8 Å². The van der Waals surface area contributed by atoms with Crippen molar-refractivity contribution in [2.75, 3.05) is 5.32 Å². The van der Waals surface area contributed by atoms with E-state index in [2.05, 4.69) is 27.4 Å². The molecule has 1 N–H and O–H groups in total. The summed E-state index contributed by atoms with van der Waals surface area (Å²) in [6.07, 6.45) is 2.92. The zero-order chi connectivity index (χ0) is 9.80. The molecule has 2 heterocycles. The highest BCUT2D eigenvalue weighted by molar-refractivity contribution is 7.13. The second-order valence-corrected chi connectivity index (χ2v) is 4.70. The fourth-order valence-electron chi connectivity index (χ4n) is 1.01. The van der Waals surface area contributed by atoms with Crippen LogP contribution in [0, 0.1) is 0 Å². The summed E-state index contributed by atoms with van der Waals surface area (Å²) >= 11 is 3.24. The van der Waals surface area contributed by atoms with Gasteiger partial charge < -0.3 is 5.32 Å². The van der Waals surface area contributed by atoms with Gasteiger partial charge in [0.05, 0.1) is 11.6 Å². The molecule has 0 fully saturated rings. The maximum absolute atomic E-state index is 4.28. The molecule has 74 valence electrons. The van der Waals surface area contributed by atoms with Crippen LogP contribution in [0.15, 0.2) is 11.7 Å². The summed E-state index contributed by atoms with van der Waals surface area (Å²) in [6, 6.07) is 0. The molecule has 0 amide bonds. The molecule has 0 saturated heterocycles. The van der Waals surface area contributed by atoms with Crippen LogP contribution < -0.4 is 5.32 Å². The van der Waals surface area contributed by atoms with E-state index < -0.39 is 0 Å². The lowest BCUT2D eigenvalue weighted by Crippen LogP contribution is -1.96. The number of nitrogens with one attached hydrogen (secondary N) is 1. The molecule has 0 atom stereocenters. The van der Waals surface area contributed by atoms with Crippen molar-refractivity contribution < 1.29 is 0 Å². The molecule has 2 aromatic heterocycles. The van der Waals surface area contributed by atoms with E-state index in [4.69, 9.17) is 0 Å². The van der Waals surface area contributed by atoms with E-state index in [0.29, 0.717) is 0 Å². The largest absolute Gasteiger partial charge is 0.355 e. The van der Waals surface area contributed by atoms with Crippen LogP contribution in [0.3, 0.4) is 0 Å². The molecule has 0 spiro atoms. The van der Waals surface area contributed by atoms with Gasteiger partial charge in [-0.3, -0.25) is 0 Å². The van der Waals surface area contributed by atoms with E-state index >= 15 is 0 Å². The first-order valence-electron chi connectivity index (χ1n) is 4.32. The molecule has 0 bridgehead atoms. The zero-order valence-electron chi connectivity index (χ0n) is 7.73. The van der Waals surface area contributed by atoms with Crippen LogP contribution in [-0.4, -0.2) is 15.2 Å². The first-order chi connectivity index (χ1) is 6.88. The molecule has 14 heavy (non-hydrogen) atoms. The first kappa shape index (κ1) is 9.54. The Bertz CT molecular complexity index is 382. The van der Waals surface area contributed by atoms with Crippen LogP contribution in [-0.2, 0) is 13.0 Å². The number of rotatable bonds is 4. The number of hydrogen-bond donors (Lipinski definition) is 1. The van der Waals surface area contributed by atoms with Gasteiger partial charge in [0.25, 0.3) is 0 Å². The second kappa shape index (κ2) is 4.47. The minimum atomic E-state index is 0.785. The quantitative estimate of drug-likeness (QED) is 0.868. The van der Waals surface area contributed by atoms with E-state index in [-0.39, 0.29) is 0 Å². The molecule has 0 aromatic carbocycles. The molecular formula is C8H10N4S2. The van der Waals surface area contributed by atoms with Crippen molar-refractivity contribution in [1.82, 2.24) is 15.2 Å². The van der Waals surface area contributed by atoms with Gasteiger partial charge in [0.1, 0.15) is 5.51 Å². The maximum atomic E-state index is 4.28. The van der Waals surface area contributed by atoms with Gasteiger partial charge in [0.15, 0.2) is 0 Å². The minimum absolute atomic E-state index is 0.785. The summed E-state index contributed by atoms with van der Waals surface area (Å²) in [5, 5.41) is 12.9. The van der Waals surface area contributed by atoms with Gasteiger partial charge in [-0.1, -0.05) is 18.3 Å². The van der Waals surface area contributed by atoms with E-state index in [1.165, 1.54) is 21.2 Å². The third-order valence-corrected chi connectivity index (χ3v) is 3.47. The summed E-state index contributed by atoms with van der Waals surface area (Å²) in [6.45, 7) is 2.90. The van der Waals surface area contributed by atoms with Gasteiger partial charge in [0.2, 0.25) is 5.13 Å². The van der Waals surface area contributed by atoms with Gasteiger partial charge in [0, 0.05) is 11.1 Å². The summed E-state index contributed by atoms with van der Waals surface area (Å²) in [7, 11) is 0. The van der Waals surface area contributed by atoms with Crippen molar-refractivity contribution in [3.05, 3.63) is 21.6 Å². The van der Waals surface area contributed by atoms with Gasteiger partial charge in [-0.2, -0.15) is 0 Å². The topological polar surface area (TPSA) is 50.7 Å². The Hall–Kier alpha value is -1.01. The smallest absolute Gasteiger partial charge is 0.205 e. The molecule has 6 heteroatoms. The van der Waals surface area contributed by atoms with Crippen molar-refractivity contribution in [2.45, 2.75) is 19.9 Å². The van der Waals surface area contributed by atoms with E-state index in [9.17, 15) is 0 Å². The van der Waals surface area contributed by atoms with Gasteiger partial charge in [-0.05, 0) is 6.42 Å². The molecule has 0 unspecified atom stereocenters. The normalized spacial score (nSPS) is 10.4. The average molecular weight is 226 g/mol. The van der Waals surface area contributed by atoms with Gasteiger partial charge >= 0.3 is 0 Å². The Balaban J connectivity index is 1.92. The van der Waals surface area contributed by atoms with Crippen molar-refractivity contribution in [1.29, 1.82) is 0 Å². The van der Waals surface area contributed by atoms with E-state index in [1.807, 2.05) is 6.20 Å². The third kappa shape index (κ3) is 2.27. The lowest BCUT2D eigenvalue weighted by Gasteiger charge is -1.96. The number of aromatic nitrogens is 3. The van der Waals surface area contributed by atoms with Gasteiger partial charge in [-0.25, -0.2) is 4.98 Å². The predicted octanol–water partition coefficient (Wildman–Crippen LogP) is 2.17. The van der Waals surface area contributed by atoms with Crippen LogP contribution in [0.4, 0.5) is 5.13 Å². The van der Waals surface area contributed by atoms with Crippen molar-refractivity contribution in [3.63, 3.8) is 0 Å². The van der Waals surface area contributed by atoms with Crippen molar-refractivity contribution in [2.24, 2.45) is 0 Å². The number of nitrogens with zero attached hydrogens (tertiary/aromatic N) is 3. The number of anilines is 1. The molecule has 0 aliphatic heterocycles. The SMILES string of the molecule is CCc1ncc(CNc2nncs2)s1. The lowest BCUT2D eigenvalue weighted by atomic mass is 10.5. The number of hydrogen-bond acceptors (Lipinski definition) is 6. The van der Waals surface area contributed by atoms with Crippen LogP contribution in [0.2, 0.25) is 0 Å². The maximum Gasteiger partial charge on any atom is 0.205 e. The third-order valence-electron chi connectivity index (χ3n) is 1.68. The molecule has 2 aromatic rings. The van der Waals surface area contributed by atoms with Crippen LogP contribution in [0.1, 0.15) is 16.8 Å². The van der Waals surface area contributed by atoms with Crippen LogP contribution in [0.25, 0.3) is 0 Å². The highest BCUT2D eigenvalue weighted by atomic mass is 32.1. The Morgan fingerprint density at radius 1 is 1.50 bits per heavy atom. The Kier molecular flexibility index (Phi) is 3.05. The summed E-state index contributed by atoms with van der Waals surface area (Å²) in [4.78, 5) is 5.51. The monoisotopic (exact) mass is 226 g/mol. The van der Waals surface area contributed by atoms with Crippen molar-refractivity contribution in [3.8, 4) is 0 Å². The summed E-state index contributed by atoms with van der Waals surface area (Å²) in [5.41, 5.74) is 1.71. The average Bonchev–Trinajstić information content (AvgIpc) is 2.86. The van der Waals surface area contributed by atoms with E-state index in [0.717, 1.165) is 18.1 Å². The Labute approximate surface area is 90.0 Å². The minimum Gasteiger partial charge on any atom is -0.355 e. The molecule has 0 saturated carbocycles. The lowest BCUT2D eigenvalue weighted by molar-refractivity contribution is 1.05. The Morgan fingerprint density at radius 3 is 3.07 bits per heavy atom. The number of thiazole rings is 1. The Morgan fingerprint density at radius 2 is 2.43 bits per heavy atom. The van der Waals surface area contributed by atoms with Crippen LogP contribution >= 0.6 is 22.7 Å². The molecule has 2 rings (SSSR count). The van der Waals surface area contributed by atoms with Crippen LogP contribution in [0.5, 0.6) is 0 Å². The fraction of sp³-hybridized carbons (Fsp3) is 0.375. The van der Waals surface area contributed by atoms with Gasteiger partial charge in [-0.15, -0.1) is 21.5 Å². The highest BCUT2D eigenvalue weighted by Crippen LogP contribution is 2.16. The number of aryl methyl sites for hydroxylation is 1. The standard InChI is InChI=1S/C8H10N4S2/c1-2-7-9-3-6(14-7)4-10-8-12-11-5-13-8/h3,5H,2,4H2,1H3,(H,10,12). The summed E-state index contributed by atoms with van der Waals surface area (Å²) in [5.74, 6) is 0. The fourth-order valence-corrected chi connectivity index (χ4v) is 2.25. The highest BCUT2D eigenvalue weighted by Gasteiger charge is 2.00. The second-order valence-electron chi connectivity index (χ2n) is 2.67. The molecular weight excluding hydrogens is 216 g/mol. The first-order valence-corrected chi connectivity index (χ1v) is 6.01. The zero-order valence-corrected chi connectivity index (χ0v) is 9.36. The molecule has 0 radical (unpaired) electrons. The molecule has 4 nitrogen and oxygen atoms in total. The molecule has 0 aliphatic rings. The summed E-state index contributed by atoms with van der Waals surface area (Å²) < 4.78 is 0.